The Labute approximate surface area is 120 Å². The third-order valence-electron chi connectivity index (χ3n) is 3.76. The molecule has 2 fully saturated rings. The average Bonchev–Trinajstić information content (AvgIpc) is 3.12. The lowest BCUT2D eigenvalue weighted by Crippen LogP contribution is -2.58. The molecular formula is C13H24ClN3O2. The van der Waals surface area contributed by atoms with Crippen LogP contribution in [0.25, 0.3) is 0 Å². The van der Waals surface area contributed by atoms with E-state index < -0.39 is 5.54 Å². The van der Waals surface area contributed by atoms with Crippen LogP contribution in [0.1, 0.15) is 39.0 Å². The van der Waals surface area contributed by atoms with Gasteiger partial charge in [-0.05, 0) is 45.6 Å². The molecule has 1 heterocycles. The number of carbonyl (C=O) groups excluding carboxylic acids is 2. The fourth-order valence-electron chi connectivity index (χ4n) is 2.45. The maximum Gasteiger partial charge on any atom is 0.242 e. The van der Waals surface area contributed by atoms with E-state index >= 15 is 0 Å². The first-order chi connectivity index (χ1) is 8.51. The summed E-state index contributed by atoms with van der Waals surface area (Å²) >= 11 is 0. The average molecular weight is 290 g/mol. The van der Waals surface area contributed by atoms with Crippen molar-refractivity contribution in [1.29, 1.82) is 0 Å². The normalized spacial score (nSPS) is 26.2. The van der Waals surface area contributed by atoms with Crippen LogP contribution < -0.4 is 10.6 Å². The van der Waals surface area contributed by atoms with E-state index in [0.29, 0.717) is 6.04 Å². The van der Waals surface area contributed by atoms with Gasteiger partial charge >= 0.3 is 0 Å². The predicted octanol–water partition coefficient (Wildman–Crippen LogP) is 0.677. The molecule has 2 N–H and O–H groups in total. The fraction of sp³-hybridized carbons (Fsp3) is 0.846. The molecular weight excluding hydrogens is 266 g/mol. The van der Waals surface area contributed by atoms with Crippen LogP contribution in [0.5, 0.6) is 0 Å². The molecule has 1 aliphatic carbocycles. The summed E-state index contributed by atoms with van der Waals surface area (Å²) in [5.41, 5.74) is -0.493. The van der Waals surface area contributed by atoms with Gasteiger partial charge < -0.3 is 15.5 Å². The molecule has 0 aromatic rings. The number of carbonyl (C=O) groups is 2. The molecule has 0 aromatic carbocycles. The van der Waals surface area contributed by atoms with Gasteiger partial charge in [-0.2, -0.15) is 0 Å². The monoisotopic (exact) mass is 289 g/mol. The summed E-state index contributed by atoms with van der Waals surface area (Å²) < 4.78 is 0. The number of halogens is 1. The minimum absolute atomic E-state index is 0. The topological polar surface area (TPSA) is 61.4 Å². The SMILES string of the molecule is CN(CC(=O)NC1CC1)C(=O)C1(C)CCCCN1.Cl. The summed E-state index contributed by atoms with van der Waals surface area (Å²) in [6, 6.07) is 0.351. The van der Waals surface area contributed by atoms with Crippen LogP contribution in [-0.4, -0.2) is 48.4 Å². The Morgan fingerprint density at radius 3 is 2.58 bits per heavy atom. The van der Waals surface area contributed by atoms with Gasteiger partial charge in [-0.1, -0.05) is 0 Å². The van der Waals surface area contributed by atoms with Crippen molar-refractivity contribution in [1.82, 2.24) is 15.5 Å². The minimum Gasteiger partial charge on any atom is -0.352 e. The van der Waals surface area contributed by atoms with E-state index in [-0.39, 0.29) is 30.8 Å². The van der Waals surface area contributed by atoms with E-state index in [1.54, 1.807) is 7.05 Å². The van der Waals surface area contributed by atoms with E-state index in [2.05, 4.69) is 10.6 Å². The van der Waals surface area contributed by atoms with Crippen LogP contribution in [0, 0.1) is 0 Å². The molecule has 0 bridgehead atoms. The molecule has 1 aliphatic heterocycles. The summed E-state index contributed by atoms with van der Waals surface area (Å²) in [5.74, 6) is -0.0269. The number of likely N-dealkylation sites (N-methyl/N-ethyl adjacent to an activating group) is 1. The molecule has 1 unspecified atom stereocenters. The second-order valence-corrected chi connectivity index (χ2v) is 5.72. The standard InChI is InChI=1S/C13H23N3O2.ClH/c1-13(7-3-4-8-14-13)12(18)16(2)9-11(17)15-10-5-6-10;/h10,14H,3-9H2,1-2H3,(H,15,17);1H. The molecule has 0 radical (unpaired) electrons. The third-order valence-corrected chi connectivity index (χ3v) is 3.76. The minimum atomic E-state index is -0.493. The van der Waals surface area contributed by atoms with E-state index in [0.717, 1.165) is 38.6 Å². The number of nitrogens with zero attached hydrogens (tertiary/aromatic N) is 1. The lowest BCUT2D eigenvalue weighted by Gasteiger charge is -2.36. The van der Waals surface area contributed by atoms with Crippen molar-refractivity contribution in [2.75, 3.05) is 20.1 Å². The van der Waals surface area contributed by atoms with Gasteiger partial charge in [0.25, 0.3) is 0 Å². The van der Waals surface area contributed by atoms with Gasteiger partial charge in [-0.3, -0.25) is 9.59 Å². The van der Waals surface area contributed by atoms with Crippen molar-refractivity contribution in [2.24, 2.45) is 0 Å². The highest BCUT2D eigenvalue weighted by molar-refractivity contribution is 5.90. The van der Waals surface area contributed by atoms with Crippen LogP contribution in [0.3, 0.4) is 0 Å². The summed E-state index contributed by atoms with van der Waals surface area (Å²) in [6.07, 6.45) is 5.18. The van der Waals surface area contributed by atoms with Crippen molar-refractivity contribution < 1.29 is 9.59 Å². The Morgan fingerprint density at radius 2 is 2.05 bits per heavy atom. The largest absolute Gasteiger partial charge is 0.352 e. The maximum absolute atomic E-state index is 12.3. The maximum atomic E-state index is 12.3. The van der Waals surface area contributed by atoms with E-state index in [1.165, 1.54) is 4.90 Å². The van der Waals surface area contributed by atoms with E-state index in [1.807, 2.05) is 6.92 Å². The molecule has 2 rings (SSSR count). The first kappa shape index (κ1) is 16.2. The van der Waals surface area contributed by atoms with Gasteiger partial charge in [-0.25, -0.2) is 0 Å². The van der Waals surface area contributed by atoms with Crippen molar-refractivity contribution >= 4 is 24.2 Å². The molecule has 1 atom stereocenters. The molecule has 2 aliphatic rings. The summed E-state index contributed by atoms with van der Waals surface area (Å²) in [5, 5.41) is 6.18. The van der Waals surface area contributed by atoms with Gasteiger partial charge in [0, 0.05) is 13.1 Å². The van der Waals surface area contributed by atoms with Crippen molar-refractivity contribution in [2.45, 2.75) is 50.6 Å². The van der Waals surface area contributed by atoms with Crippen molar-refractivity contribution in [3.8, 4) is 0 Å². The summed E-state index contributed by atoms with van der Waals surface area (Å²) in [6.45, 7) is 2.97. The fourth-order valence-corrected chi connectivity index (χ4v) is 2.45. The lowest BCUT2D eigenvalue weighted by atomic mass is 9.89. The molecule has 0 aromatic heterocycles. The van der Waals surface area contributed by atoms with E-state index in [4.69, 9.17) is 0 Å². The van der Waals surface area contributed by atoms with Gasteiger partial charge in [0.15, 0.2) is 0 Å². The number of amides is 2. The molecule has 6 heteroatoms. The molecule has 5 nitrogen and oxygen atoms in total. The summed E-state index contributed by atoms with van der Waals surface area (Å²) in [7, 11) is 1.70. The zero-order valence-corrected chi connectivity index (χ0v) is 12.5. The highest BCUT2D eigenvalue weighted by Gasteiger charge is 2.37. The molecule has 1 saturated carbocycles. The molecule has 110 valence electrons. The number of hydrogen-bond donors (Lipinski definition) is 2. The smallest absolute Gasteiger partial charge is 0.242 e. The Morgan fingerprint density at radius 1 is 1.37 bits per heavy atom. The number of piperidine rings is 1. The predicted molar refractivity (Wildman–Crippen MR) is 76.3 cm³/mol. The van der Waals surface area contributed by atoms with Crippen molar-refractivity contribution in [3.63, 3.8) is 0 Å². The molecule has 19 heavy (non-hydrogen) atoms. The van der Waals surface area contributed by atoms with Crippen LogP contribution in [0.2, 0.25) is 0 Å². The third kappa shape index (κ3) is 4.35. The molecule has 1 saturated heterocycles. The Kier molecular flexibility index (Phi) is 5.62. The van der Waals surface area contributed by atoms with Crippen LogP contribution in [0.15, 0.2) is 0 Å². The quantitative estimate of drug-likeness (QED) is 0.800. The van der Waals surface area contributed by atoms with Crippen LogP contribution in [0.4, 0.5) is 0 Å². The molecule has 2 amide bonds. The number of hydrogen-bond acceptors (Lipinski definition) is 3. The van der Waals surface area contributed by atoms with Crippen molar-refractivity contribution in [3.05, 3.63) is 0 Å². The van der Waals surface area contributed by atoms with Crippen LogP contribution in [-0.2, 0) is 9.59 Å². The van der Waals surface area contributed by atoms with Gasteiger partial charge in [0.2, 0.25) is 11.8 Å². The first-order valence-electron chi connectivity index (χ1n) is 6.81. The number of nitrogens with one attached hydrogen (secondary N) is 2. The Bertz CT molecular complexity index is 339. The van der Waals surface area contributed by atoms with Gasteiger partial charge in [0.1, 0.15) is 0 Å². The van der Waals surface area contributed by atoms with Crippen LogP contribution >= 0.6 is 12.4 Å². The molecule has 0 spiro atoms. The zero-order valence-electron chi connectivity index (χ0n) is 11.7. The lowest BCUT2D eigenvalue weighted by molar-refractivity contribution is -0.140. The highest BCUT2D eigenvalue weighted by atomic mass is 35.5. The van der Waals surface area contributed by atoms with Gasteiger partial charge in [0.05, 0.1) is 12.1 Å². The van der Waals surface area contributed by atoms with E-state index in [9.17, 15) is 9.59 Å². The summed E-state index contributed by atoms with van der Waals surface area (Å²) in [4.78, 5) is 25.5. The second kappa shape index (κ2) is 6.57. The highest BCUT2D eigenvalue weighted by Crippen LogP contribution is 2.21. The van der Waals surface area contributed by atoms with Gasteiger partial charge in [-0.15, -0.1) is 12.4 Å². The zero-order chi connectivity index (χ0) is 13.2. The Hall–Kier alpha value is -0.810. The second-order valence-electron chi connectivity index (χ2n) is 5.72. The Balaban J connectivity index is 0.00000180. The first-order valence-corrected chi connectivity index (χ1v) is 6.81. The number of rotatable bonds is 4.